The van der Waals surface area contributed by atoms with Crippen LogP contribution in [-0.4, -0.2) is 19.8 Å². The van der Waals surface area contributed by atoms with Crippen molar-refractivity contribution in [1.29, 1.82) is 0 Å². The van der Waals surface area contributed by atoms with E-state index in [1.54, 1.807) is 0 Å². The molecule has 1 saturated heterocycles. The van der Waals surface area contributed by atoms with Crippen molar-refractivity contribution in [1.82, 2.24) is 0 Å². The highest BCUT2D eigenvalue weighted by molar-refractivity contribution is 5.71. The van der Waals surface area contributed by atoms with Gasteiger partial charge in [0.25, 0.3) is 0 Å². The molecule has 2 N–H and O–H groups in total. The highest BCUT2D eigenvalue weighted by Crippen LogP contribution is 2.32. The first kappa shape index (κ1) is 11.9. The normalized spacial score (nSPS) is 20.4. The van der Waals surface area contributed by atoms with E-state index in [0.29, 0.717) is 12.5 Å². The predicted molar refractivity (Wildman–Crippen MR) is 74.6 cm³/mol. The lowest BCUT2D eigenvalue weighted by Gasteiger charge is -2.25. The summed E-state index contributed by atoms with van der Waals surface area (Å²) < 4.78 is 5.44. The average Bonchev–Trinajstić information content (AvgIpc) is 2.47. The smallest absolute Gasteiger partial charge is 0.0471 e. The molecule has 1 aromatic rings. The van der Waals surface area contributed by atoms with Crippen LogP contribution in [0.2, 0.25) is 0 Å². The monoisotopic (exact) mass is 243 g/mol. The topological polar surface area (TPSA) is 35.2 Å². The van der Waals surface area contributed by atoms with Crippen molar-refractivity contribution >= 4 is 5.57 Å². The molecular formula is C16H21NO. The molecule has 1 aromatic carbocycles. The molecule has 18 heavy (non-hydrogen) atoms. The van der Waals surface area contributed by atoms with Crippen LogP contribution in [0.4, 0.5) is 0 Å². The average molecular weight is 243 g/mol. The standard InChI is InChI=1S/C16H21NO/c17-11-15-3-1-2-14-10-13(4-5-16(14)15)12-6-8-18-9-7-12/h3-5,10,12H,1-2,6-9,11,17H2. The van der Waals surface area contributed by atoms with Crippen molar-refractivity contribution in [2.75, 3.05) is 19.8 Å². The van der Waals surface area contributed by atoms with Crippen LogP contribution >= 0.6 is 0 Å². The van der Waals surface area contributed by atoms with Crippen LogP contribution in [0, 0.1) is 0 Å². The zero-order valence-electron chi connectivity index (χ0n) is 10.8. The zero-order valence-corrected chi connectivity index (χ0v) is 10.8. The minimum Gasteiger partial charge on any atom is -0.381 e. The Balaban J connectivity index is 1.89. The SMILES string of the molecule is NCC1=CCCc2cc(C3CCOCC3)ccc21. The maximum absolute atomic E-state index is 5.81. The second kappa shape index (κ2) is 5.25. The van der Waals surface area contributed by atoms with Gasteiger partial charge in [-0.2, -0.15) is 0 Å². The first-order valence-corrected chi connectivity index (χ1v) is 6.98. The van der Waals surface area contributed by atoms with Crippen molar-refractivity contribution in [2.45, 2.75) is 31.6 Å². The first-order valence-electron chi connectivity index (χ1n) is 6.98. The van der Waals surface area contributed by atoms with Gasteiger partial charge in [0.05, 0.1) is 0 Å². The molecule has 0 unspecified atom stereocenters. The number of aryl methyl sites for hydroxylation is 1. The van der Waals surface area contributed by atoms with Gasteiger partial charge in [0.15, 0.2) is 0 Å². The summed E-state index contributed by atoms with van der Waals surface area (Å²) in [6, 6.07) is 6.98. The molecule has 1 fully saturated rings. The van der Waals surface area contributed by atoms with Crippen molar-refractivity contribution < 1.29 is 4.74 Å². The molecule has 0 bridgehead atoms. The Morgan fingerprint density at radius 1 is 1.22 bits per heavy atom. The molecule has 0 radical (unpaired) electrons. The molecule has 1 aliphatic heterocycles. The van der Waals surface area contributed by atoms with Crippen molar-refractivity contribution in [3.8, 4) is 0 Å². The number of fused-ring (bicyclic) bond motifs is 1. The van der Waals surface area contributed by atoms with E-state index in [2.05, 4.69) is 24.3 Å². The summed E-state index contributed by atoms with van der Waals surface area (Å²) in [6.07, 6.45) is 6.92. The summed E-state index contributed by atoms with van der Waals surface area (Å²) in [5.41, 5.74) is 11.5. The number of allylic oxidation sites excluding steroid dienone is 1. The molecule has 96 valence electrons. The van der Waals surface area contributed by atoms with E-state index in [0.717, 1.165) is 26.1 Å². The Bertz CT molecular complexity index is 458. The highest BCUT2D eigenvalue weighted by atomic mass is 16.5. The minimum absolute atomic E-state index is 0.656. The molecular weight excluding hydrogens is 222 g/mol. The van der Waals surface area contributed by atoms with Crippen LogP contribution in [-0.2, 0) is 11.2 Å². The molecule has 0 saturated carbocycles. The number of benzene rings is 1. The van der Waals surface area contributed by atoms with E-state index in [-0.39, 0.29) is 0 Å². The van der Waals surface area contributed by atoms with Gasteiger partial charge >= 0.3 is 0 Å². The number of hydrogen-bond acceptors (Lipinski definition) is 2. The minimum atomic E-state index is 0.656. The Kier molecular flexibility index (Phi) is 3.48. The maximum Gasteiger partial charge on any atom is 0.0471 e. The molecule has 2 heteroatoms. The fourth-order valence-corrected chi connectivity index (χ4v) is 3.12. The first-order chi connectivity index (χ1) is 8.88. The Labute approximate surface area is 109 Å². The van der Waals surface area contributed by atoms with Crippen LogP contribution in [0.15, 0.2) is 24.3 Å². The van der Waals surface area contributed by atoms with Gasteiger partial charge in [-0.05, 0) is 53.9 Å². The third-order valence-corrected chi connectivity index (χ3v) is 4.19. The summed E-state index contributed by atoms with van der Waals surface area (Å²) in [5, 5.41) is 0. The largest absolute Gasteiger partial charge is 0.381 e. The molecule has 1 aliphatic carbocycles. The molecule has 0 amide bonds. The zero-order chi connectivity index (χ0) is 12.4. The number of nitrogens with two attached hydrogens (primary N) is 1. The van der Waals surface area contributed by atoms with E-state index in [4.69, 9.17) is 10.5 Å². The van der Waals surface area contributed by atoms with E-state index in [9.17, 15) is 0 Å². The van der Waals surface area contributed by atoms with Gasteiger partial charge in [-0.15, -0.1) is 0 Å². The fraction of sp³-hybridized carbons (Fsp3) is 0.500. The second-order valence-corrected chi connectivity index (χ2v) is 5.28. The Morgan fingerprint density at radius 3 is 2.83 bits per heavy atom. The third kappa shape index (κ3) is 2.23. The molecule has 1 heterocycles. The molecule has 0 aromatic heterocycles. The van der Waals surface area contributed by atoms with Crippen molar-refractivity contribution in [3.05, 3.63) is 41.0 Å². The van der Waals surface area contributed by atoms with E-state index in [1.807, 2.05) is 0 Å². The van der Waals surface area contributed by atoms with Crippen LogP contribution < -0.4 is 5.73 Å². The maximum atomic E-state index is 5.81. The second-order valence-electron chi connectivity index (χ2n) is 5.28. The fourth-order valence-electron chi connectivity index (χ4n) is 3.12. The van der Waals surface area contributed by atoms with Gasteiger partial charge in [-0.1, -0.05) is 24.3 Å². The molecule has 3 rings (SSSR count). The summed E-state index contributed by atoms with van der Waals surface area (Å²) in [5.74, 6) is 0.691. The summed E-state index contributed by atoms with van der Waals surface area (Å²) in [7, 11) is 0. The van der Waals surface area contributed by atoms with Gasteiger partial charge in [-0.3, -0.25) is 0 Å². The summed E-state index contributed by atoms with van der Waals surface area (Å²) in [6.45, 7) is 2.48. The lowest BCUT2D eigenvalue weighted by atomic mass is 9.85. The molecule has 2 nitrogen and oxygen atoms in total. The summed E-state index contributed by atoms with van der Waals surface area (Å²) >= 11 is 0. The van der Waals surface area contributed by atoms with Gasteiger partial charge in [0.2, 0.25) is 0 Å². The lowest BCUT2D eigenvalue weighted by Crippen LogP contribution is -2.15. The van der Waals surface area contributed by atoms with Crippen LogP contribution in [0.3, 0.4) is 0 Å². The van der Waals surface area contributed by atoms with E-state index in [1.165, 1.54) is 35.1 Å². The van der Waals surface area contributed by atoms with E-state index < -0.39 is 0 Å². The van der Waals surface area contributed by atoms with Gasteiger partial charge in [-0.25, -0.2) is 0 Å². The third-order valence-electron chi connectivity index (χ3n) is 4.19. The van der Waals surface area contributed by atoms with Crippen molar-refractivity contribution in [3.63, 3.8) is 0 Å². The summed E-state index contributed by atoms with van der Waals surface area (Å²) in [4.78, 5) is 0. The molecule has 0 spiro atoms. The van der Waals surface area contributed by atoms with Crippen molar-refractivity contribution in [2.24, 2.45) is 5.73 Å². The van der Waals surface area contributed by atoms with Crippen LogP contribution in [0.5, 0.6) is 0 Å². The quantitative estimate of drug-likeness (QED) is 0.867. The van der Waals surface area contributed by atoms with Crippen LogP contribution in [0.1, 0.15) is 41.9 Å². The number of hydrogen-bond donors (Lipinski definition) is 1. The highest BCUT2D eigenvalue weighted by Gasteiger charge is 2.18. The van der Waals surface area contributed by atoms with Gasteiger partial charge in [0, 0.05) is 19.8 Å². The number of rotatable bonds is 2. The van der Waals surface area contributed by atoms with E-state index >= 15 is 0 Å². The van der Waals surface area contributed by atoms with Gasteiger partial charge in [0.1, 0.15) is 0 Å². The lowest BCUT2D eigenvalue weighted by molar-refractivity contribution is 0.0853. The van der Waals surface area contributed by atoms with Gasteiger partial charge < -0.3 is 10.5 Å². The molecule has 0 atom stereocenters. The Morgan fingerprint density at radius 2 is 2.06 bits per heavy atom. The Hall–Kier alpha value is -1.12. The number of ether oxygens (including phenoxy) is 1. The molecule has 2 aliphatic rings. The predicted octanol–water partition coefficient (Wildman–Crippen LogP) is 2.87. The van der Waals surface area contributed by atoms with Crippen LogP contribution in [0.25, 0.3) is 5.57 Å².